The van der Waals surface area contributed by atoms with E-state index in [4.69, 9.17) is 0 Å². The highest BCUT2D eigenvalue weighted by Gasteiger charge is 2.17. The van der Waals surface area contributed by atoms with Crippen LogP contribution in [0.2, 0.25) is 0 Å². The van der Waals surface area contributed by atoms with Gasteiger partial charge in [0.05, 0.1) is 12.2 Å². The highest BCUT2D eigenvalue weighted by Crippen LogP contribution is 2.26. The van der Waals surface area contributed by atoms with Gasteiger partial charge in [0.2, 0.25) is 0 Å². The van der Waals surface area contributed by atoms with E-state index in [1.54, 1.807) is 0 Å². The molecule has 1 aromatic heterocycles. The Morgan fingerprint density at radius 2 is 2.10 bits per heavy atom. The van der Waals surface area contributed by atoms with E-state index in [1.807, 2.05) is 4.68 Å². The van der Waals surface area contributed by atoms with Gasteiger partial charge >= 0.3 is 0 Å². The van der Waals surface area contributed by atoms with Crippen molar-refractivity contribution in [3.8, 4) is 5.69 Å². The third-order valence-electron chi connectivity index (χ3n) is 3.80. The maximum atomic E-state index is 4.19. The van der Waals surface area contributed by atoms with Gasteiger partial charge in [-0.15, -0.1) is 5.10 Å². The number of rotatable bonds is 4. The molecule has 5 heteroatoms. The summed E-state index contributed by atoms with van der Waals surface area (Å²) < 4.78 is 1.89. The van der Waals surface area contributed by atoms with Crippen molar-refractivity contribution < 1.29 is 0 Å². The van der Waals surface area contributed by atoms with E-state index in [2.05, 4.69) is 52.9 Å². The lowest BCUT2D eigenvalue weighted by Gasteiger charge is -2.19. The summed E-state index contributed by atoms with van der Waals surface area (Å²) in [5.41, 5.74) is 4.01. The van der Waals surface area contributed by atoms with E-state index < -0.39 is 0 Å². The fraction of sp³-hybridized carbons (Fsp3) is 0.533. The summed E-state index contributed by atoms with van der Waals surface area (Å²) in [7, 11) is 0. The highest BCUT2D eigenvalue weighted by molar-refractivity contribution is 5.47. The lowest BCUT2D eigenvalue weighted by molar-refractivity contribution is 0.561. The summed E-state index contributed by atoms with van der Waals surface area (Å²) in [5.74, 6) is 0.873. The molecule has 0 spiro atoms. The van der Waals surface area contributed by atoms with Crippen molar-refractivity contribution in [3.05, 3.63) is 35.2 Å². The SMILES string of the molecule is CC(C)NCc1nnnn1-c1cccc2c1CCCC2. The van der Waals surface area contributed by atoms with Gasteiger partial charge in [0.15, 0.2) is 5.82 Å². The number of tetrazole rings is 1. The Bertz CT molecular complexity index is 588. The van der Waals surface area contributed by atoms with Crippen LogP contribution in [0.3, 0.4) is 0 Å². The molecule has 2 aromatic rings. The molecule has 1 aliphatic carbocycles. The van der Waals surface area contributed by atoms with Gasteiger partial charge in [0.1, 0.15) is 0 Å². The number of hydrogen-bond acceptors (Lipinski definition) is 4. The van der Waals surface area contributed by atoms with Gasteiger partial charge in [0, 0.05) is 6.04 Å². The fourth-order valence-corrected chi connectivity index (χ4v) is 2.76. The second-order valence-electron chi connectivity index (χ2n) is 5.66. The molecule has 1 aliphatic rings. The minimum absolute atomic E-state index is 0.421. The molecule has 1 heterocycles. The Labute approximate surface area is 119 Å². The summed E-state index contributed by atoms with van der Waals surface area (Å²) in [4.78, 5) is 0. The highest BCUT2D eigenvalue weighted by atomic mass is 15.5. The lowest BCUT2D eigenvalue weighted by Crippen LogP contribution is -2.24. The number of nitrogens with one attached hydrogen (secondary N) is 1. The molecule has 0 saturated carbocycles. The molecule has 1 N–H and O–H groups in total. The van der Waals surface area contributed by atoms with Gasteiger partial charge in [-0.05, 0) is 53.3 Å². The van der Waals surface area contributed by atoms with Crippen molar-refractivity contribution >= 4 is 0 Å². The molecular formula is C15H21N5. The van der Waals surface area contributed by atoms with Crippen molar-refractivity contribution in [2.24, 2.45) is 0 Å². The van der Waals surface area contributed by atoms with Gasteiger partial charge < -0.3 is 5.32 Å². The van der Waals surface area contributed by atoms with Crippen LogP contribution in [0.15, 0.2) is 18.2 Å². The third-order valence-corrected chi connectivity index (χ3v) is 3.80. The summed E-state index contributed by atoms with van der Waals surface area (Å²) >= 11 is 0. The zero-order valence-electron chi connectivity index (χ0n) is 12.1. The molecule has 0 amide bonds. The summed E-state index contributed by atoms with van der Waals surface area (Å²) in [6.07, 6.45) is 4.84. The van der Waals surface area contributed by atoms with E-state index in [1.165, 1.54) is 30.4 Å². The molecule has 5 nitrogen and oxygen atoms in total. The average molecular weight is 271 g/mol. The molecule has 20 heavy (non-hydrogen) atoms. The molecular weight excluding hydrogens is 250 g/mol. The second-order valence-corrected chi connectivity index (χ2v) is 5.66. The van der Waals surface area contributed by atoms with Gasteiger partial charge in [-0.1, -0.05) is 26.0 Å². The first-order chi connectivity index (χ1) is 9.75. The van der Waals surface area contributed by atoms with Crippen molar-refractivity contribution in [2.45, 2.75) is 52.1 Å². The molecule has 1 aromatic carbocycles. The second kappa shape index (κ2) is 5.71. The van der Waals surface area contributed by atoms with Crippen LogP contribution in [0.5, 0.6) is 0 Å². The molecule has 0 radical (unpaired) electrons. The minimum Gasteiger partial charge on any atom is -0.308 e. The van der Waals surface area contributed by atoms with Crippen LogP contribution in [0.25, 0.3) is 5.69 Å². The predicted molar refractivity (Wildman–Crippen MR) is 77.8 cm³/mol. The largest absolute Gasteiger partial charge is 0.308 e. The molecule has 0 saturated heterocycles. The van der Waals surface area contributed by atoms with Gasteiger partial charge in [-0.25, -0.2) is 0 Å². The van der Waals surface area contributed by atoms with Crippen LogP contribution in [-0.4, -0.2) is 26.2 Å². The van der Waals surface area contributed by atoms with E-state index in [-0.39, 0.29) is 0 Å². The van der Waals surface area contributed by atoms with E-state index >= 15 is 0 Å². The number of fused-ring (bicyclic) bond motifs is 1. The maximum absolute atomic E-state index is 4.19. The van der Waals surface area contributed by atoms with Gasteiger partial charge in [-0.2, -0.15) is 4.68 Å². The van der Waals surface area contributed by atoms with Gasteiger partial charge in [0.25, 0.3) is 0 Å². The summed E-state index contributed by atoms with van der Waals surface area (Å²) in [5, 5.41) is 15.6. The lowest BCUT2D eigenvalue weighted by atomic mass is 9.90. The molecule has 0 unspecified atom stereocenters. The quantitative estimate of drug-likeness (QED) is 0.924. The van der Waals surface area contributed by atoms with Gasteiger partial charge in [-0.3, -0.25) is 0 Å². The average Bonchev–Trinajstić information content (AvgIpc) is 2.92. The predicted octanol–water partition coefficient (Wildman–Crippen LogP) is 2.04. The van der Waals surface area contributed by atoms with E-state index in [0.29, 0.717) is 12.6 Å². The first-order valence-corrected chi connectivity index (χ1v) is 7.37. The monoisotopic (exact) mass is 271 g/mol. The molecule has 0 bridgehead atoms. The first kappa shape index (κ1) is 13.2. The van der Waals surface area contributed by atoms with Crippen LogP contribution in [0.1, 0.15) is 43.6 Å². The Morgan fingerprint density at radius 1 is 1.25 bits per heavy atom. The van der Waals surface area contributed by atoms with Crippen LogP contribution in [-0.2, 0) is 19.4 Å². The summed E-state index contributed by atoms with van der Waals surface area (Å²) in [6, 6.07) is 6.89. The Morgan fingerprint density at radius 3 is 2.95 bits per heavy atom. The smallest absolute Gasteiger partial charge is 0.170 e. The molecule has 0 aliphatic heterocycles. The number of hydrogen-bond donors (Lipinski definition) is 1. The Kier molecular flexibility index (Phi) is 3.78. The minimum atomic E-state index is 0.421. The third kappa shape index (κ3) is 2.58. The van der Waals surface area contributed by atoms with Crippen LogP contribution in [0.4, 0.5) is 0 Å². The number of nitrogens with zero attached hydrogens (tertiary/aromatic N) is 4. The Balaban J connectivity index is 1.95. The van der Waals surface area contributed by atoms with E-state index in [0.717, 1.165) is 17.9 Å². The number of aromatic nitrogens is 4. The van der Waals surface area contributed by atoms with Crippen LogP contribution < -0.4 is 5.32 Å². The maximum Gasteiger partial charge on any atom is 0.170 e. The number of benzene rings is 1. The normalized spacial score (nSPS) is 14.6. The van der Waals surface area contributed by atoms with Crippen molar-refractivity contribution in [1.82, 2.24) is 25.5 Å². The van der Waals surface area contributed by atoms with Crippen LogP contribution in [0, 0.1) is 0 Å². The van der Waals surface area contributed by atoms with Crippen molar-refractivity contribution in [1.29, 1.82) is 0 Å². The molecule has 0 fully saturated rings. The standard InChI is InChI=1S/C15H21N5/c1-11(2)16-10-15-17-18-19-20(15)14-9-5-7-12-6-3-4-8-13(12)14/h5,7,9,11,16H,3-4,6,8,10H2,1-2H3. The first-order valence-electron chi connectivity index (χ1n) is 7.37. The zero-order valence-corrected chi connectivity index (χ0v) is 12.1. The molecule has 106 valence electrons. The molecule has 3 rings (SSSR count). The van der Waals surface area contributed by atoms with Crippen molar-refractivity contribution in [2.75, 3.05) is 0 Å². The summed E-state index contributed by atoms with van der Waals surface area (Å²) in [6.45, 7) is 4.94. The van der Waals surface area contributed by atoms with Crippen LogP contribution >= 0.6 is 0 Å². The Hall–Kier alpha value is -1.75. The van der Waals surface area contributed by atoms with Crippen molar-refractivity contribution in [3.63, 3.8) is 0 Å². The molecule has 0 atom stereocenters. The fourth-order valence-electron chi connectivity index (χ4n) is 2.76. The van der Waals surface area contributed by atoms with E-state index in [9.17, 15) is 0 Å². The zero-order chi connectivity index (χ0) is 13.9. The number of aryl methyl sites for hydroxylation is 1. The topological polar surface area (TPSA) is 55.6 Å².